The van der Waals surface area contributed by atoms with Crippen molar-refractivity contribution < 1.29 is 13.9 Å². The maximum absolute atomic E-state index is 13.7. The van der Waals surface area contributed by atoms with Crippen molar-refractivity contribution in [2.45, 2.75) is 26.8 Å². The van der Waals surface area contributed by atoms with Crippen LogP contribution in [-0.4, -0.2) is 19.1 Å². The number of halogens is 1. The zero-order chi connectivity index (χ0) is 14.3. The van der Waals surface area contributed by atoms with E-state index in [0.29, 0.717) is 12.5 Å². The molecule has 0 aliphatic rings. The van der Waals surface area contributed by atoms with E-state index in [2.05, 4.69) is 19.2 Å². The Balaban J connectivity index is 2.47. The van der Waals surface area contributed by atoms with Crippen LogP contribution in [-0.2, 0) is 11.3 Å². The van der Waals surface area contributed by atoms with Crippen molar-refractivity contribution in [3.63, 3.8) is 0 Å². The van der Waals surface area contributed by atoms with Crippen molar-refractivity contribution in [3.05, 3.63) is 29.6 Å². The molecule has 0 spiro atoms. The summed E-state index contributed by atoms with van der Waals surface area (Å²) in [6.45, 7) is 5.83. The Bertz CT molecular complexity index is 422. The Kier molecular flexibility index (Phi) is 6.29. The minimum absolute atomic E-state index is 0.0805. The van der Waals surface area contributed by atoms with Crippen molar-refractivity contribution in [1.82, 2.24) is 5.32 Å². The first-order valence-corrected chi connectivity index (χ1v) is 6.39. The molecule has 0 saturated heterocycles. The lowest BCUT2D eigenvalue weighted by atomic mass is 10.2. The molecular formula is C14H21FN2O2. The van der Waals surface area contributed by atoms with Gasteiger partial charge in [-0.3, -0.25) is 4.79 Å². The number of benzene rings is 1. The summed E-state index contributed by atoms with van der Waals surface area (Å²) in [7, 11) is 0. The van der Waals surface area contributed by atoms with Crippen molar-refractivity contribution in [1.29, 1.82) is 0 Å². The Morgan fingerprint density at radius 1 is 1.47 bits per heavy atom. The van der Waals surface area contributed by atoms with E-state index < -0.39 is 11.7 Å². The first-order chi connectivity index (χ1) is 8.99. The third-order valence-electron chi connectivity index (χ3n) is 2.48. The van der Waals surface area contributed by atoms with E-state index in [1.807, 2.05) is 0 Å². The van der Waals surface area contributed by atoms with Gasteiger partial charge in [-0.15, -0.1) is 0 Å². The molecule has 0 aromatic heterocycles. The molecule has 0 fully saturated rings. The molecule has 106 valence electrons. The fourth-order valence-corrected chi connectivity index (χ4v) is 1.54. The molecule has 4 nitrogen and oxygen atoms in total. The van der Waals surface area contributed by atoms with Crippen molar-refractivity contribution in [2.24, 2.45) is 11.7 Å². The van der Waals surface area contributed by atoms with Crippen LogP contribution in [0.3, 0.4) is 0 Å². The van der Waals surface area contributed by atoms with E-state index in [1.165, 1.54) is 6.07 Å². The smallest absolute Gasteiger partial charge is 0.220 e. The molecule has 0 heterocycles. The molecule has 1 aromatic rings. The van der Waals surface area contributed by atoms with Crippen LogP contribution in [0.5, 0.6) is 5.75 Å². The zero-order valence-electron chi connectivity index (χ0n) is 11.4. The Morgan fingerprint density at radius 2 is 2.21 bits per heavy atom. The molecule has 0 radical (unpaired) electrons. The van der Waals surface area contributed by atoms with Gasteiger partial charge in [-0.25, -0.2) is 4.39 Å². The molecule has 0 aliphatic heterocycles. The summed E-state index contributed by atoms with van der Waals surface area (Å²) in [6, 6.07) is 4.81. The zero-order valence-corrected chi connectivity index (χ0v) is 11.4. The van der Waals surface area contributed by atoms with Crippen LogP contribution in [0.25, 0.3) is 0 Å². The van der Waals surface area contributed by atoms with Gasteiger partial charge in [-0.05, 0) is 30.2 Å². The molecule has 1 rings (SSSR count). The Morgan fingerprint density at radius 3 is 2.79 bits per heavy atom. The van der Waals surface area contributed by atoms with Crippen LogP contribution < -0.4 is 15.8 Å². The van der Waals surface area contributed by atoms with Crippen LogP contribution in [0.2, 0.25) is 0 Å². The van der Waals surface area contributed by atoms with Gasteiger partial charge in [0.1, 0.15) is 0 Å². The molecule has 5 heteroatoms. The summed E-state index contributed by atoms with van der Waals surface area (Å²) in [6.07, 6.45) is 0.0805. The molecule has 0 saturated carbocycles. The molecule has 19 heavy (non-hydrogen) atoms. The first-order valence-electron chi connectivity index (χ1n) is 6.39. The van der Waals surface area contributed by atoms with Crippen molar-refractivity contribution in [3.8, 4) is 5.75 Å². The maximum atomic E-state index is 13.7. The van der Waals surface area contributed by atoms with E-state index in [1.54, 1.807) is 12.1 Å². The molecule has 1 aromatic carbocycles. The minimum Gasteiger partial charge on any atom is -0.490 e. The van der Waals surface area contributed by atoms with Gasteiger partial charge < -0.3 is 15.8 Å². The highest BCUT2D eigenvalue weighted by Gasteiger charge is 2.05. The molecular weight excluding hydrogens is 247 g/mol. The van der Waals surface area contributed by atoms with Crippen LogP contribution in [0, 0.1) is 11.7 Å². The van der Waals surface area contributed by atoms with E-state index in [0.717, 1.165) is 12.1 Å². The fourth-order valence-electron chi connectivity index (χ4n) is 1.54. The molecule has 3 N–H and O–H groups in total. The largest absolute Gasteiger partial charge is 0.490 e. The molecule has 0 unspecified atom stereocenters. The van der Waals surface area contributed by atoms with Gasteiger partial charge in [0.15, 0.2) is 11.6 Å². The summed E-state index contributed by atoms with van der Waals surface area (Å²) in [5.41, 5.74) is 5.84. The van der Waals surface area contributed by atoms with E-state index in [9.17, 15) is 9.18 Å². The third kappa shape index (κ3) is 6.20. The Labute approximate surface area is 113 Å². The first kappa shape index (κ1) is 15.4. The predicted octanol–water partition coefficient (Wildman–Crippen LogP) is 1.83. The number of nitrogens with two attached hydrogens (primary N) is 1. The normalized spacial score (nSPS) is 10.7. The van der Waals surface area contributed by atoms with E-state index >= 15 is 0 Å². The SMILES string of the molecule is CC(C)CNCc1ccc(OCCC(N)=O)c(F)c1. The lowest BCUT2D eigenvalue weighted by molar-refractivity contribution is -0.118. The van der Waals surface area contributed by atoms with Gasteiger partial charge in [0.2, 0.25) is 5.91 Å². The second-order valence-corrected chi connectivity index (χ2v) is 4.85. The van der Waals surface area contributed by atoms with E-state index in [-0.39, 0.29) is 18.8 Å². The highest BCUT2D eigenvalue weighted by Crippen LogP contribution is 2.18. The standard InChI is InChI=1S/C14H21FN2O2/c1-10(2)8-17-9-11-3-4-13(12(15)7-11)19-6-5-14(16)18/h3-4,7,10,17H,5-6,8-9H2,1-2H3,(H2,16,18). The van der Waals surface area contributed by atoms with Crippen LogP contribution in [0.4, 0.5) is 4.39 Å². The Hall–Kier alpha value is -1.62. The number of amides is 1. The number of rotatable bonds is 8. The summed E-state index contributed by atoms with van der Waals surface area (Å²) < 4.78 is 18.8. The van der Waals surface area contributed by atoms with Crippen molar-refractivity contribution >= 4 is 5.91 Å². The quantitative estimate of drug-likeness (QED) is 0.756. The summed E-state index contributed by atoms with van der Waals surface area (Å²) in [4.78, 5) is 10.5. The fraction of sp³-hybridized carbons (Fsp3) is 0.500. The van der Waals surface area contributed by atoms with Gasteiger partial charge >= 0.3 is 0 Å². The topological polar surface area (TPSA) is 64.3 Å². The van der Waals surface area contributed by atoms with Gasteiger partial charge in [0.25, 0.3) is 0 Å². The number of hydrogen-bond acceptors (Lipinski definition) is 3. The molecule has 0 bridgehead atoms. The second kappa shape index (κ2) is 7.74. The second-order valence-electron chi connectivity index (χ2n) is 4.85. The lowest BCUT2D eigenvalue weighted by Gasteiger charge is -2.10. The summed E-state index contributed by atoms with van der Waals surface area (Å²) in [5.74, 6) is -0.182. The third-order valence-corrected chi connectivity index (χ3v) is 2.48. The minimum atomic E-state index is -0.463. The number of hydrogen-bond donors (Lipinski definition) is 2. The predicted molar refractivity (Wildman–Crippen MR) is 72.3 cm³/mol. The van der Waals surface area contributed by atoms with Gasteiger partial charge in [-0.1, -0.05) is 19.9 Å². The average Bonchev–Trinajstić information content (AvgIpc) is 2.31. The molecule has 0 atom stereocenters. The summed E-state index contributed by atoms with van der Waals surface area (Å²) in [5, 5.41) is 3.24. The number of nitrogens with one attached hydrogen (secondary N) is 1. The maximum Gasteiger partial charge on any atom is 0.220 e. The lowest BCUT2D eigenvalue weighted by Crippen LogP contribution is -2.19. The van der Waals surface area contributed by atoms with Crippen LogP contribution >= 0.6 is 0 Å². The highest BCUT2D eigenvalue weighted by atomic mass is 19.1. The molecule has 0 aliphatic carbocycles. The van der Waals surface area contributed by atoms with Crippen molar-refractivity contribution in [2.75, 3.05) is 13.2 Å². The number of carbonyl (C=O) groups excluding carboxylic acids is 1. The van der Waals surface area contributed by atoms with E-state index in [4.69, 9.17) is 10.5 Å². The highest BCUT2D eigenvalue weighted by molar-refractivity contribution is 5.73. The van der Waals surface area contributed by atoms with Gasteiger partial charge in [0, 0.05) is 6.54 Å². The number of primary amides is 1. The average molecular weight is 268 g/mol. The number of ether oxygens (including phenoxy) is 1. The van der Waals surface area contributed by atoms with Gasteiger partial charge in [-0.2, -0.15) is 0 Å². The molecule has 1 amide bonds. The van der Waals surface area contributed by atoms with Crippen LogP contribution in [0.1, 0.15) is 25.8 Å². The van der Waals surface area contributed by atoms with Gasteiger partial charge in [0.05, 0.1) is 13.0 Å². The monoisotopic (exact) mass is 268 g/mol. The summed E-state index contributed by atoms with van der Waals surface area (Å²) >= 11 is 0. The van der Waals surface area contributed by atoms with Crippen LogP contribution in [0.15, 0.2) is 18.2 Å². The number of carbonyl (C=O) groups is 1.